The quantitative estimate of drug-likeness (QED) is 0.759. The lowest BCUT2D eigenvalue weighted by Crippen LogP contribution is -2.27. The van der Waals surface area contributed by atoms with Crippen LogP contribution in [-0.4, -0.2) is 36.3 Å². The smallest absolute Gasteiger partial charge is 0.272 e. The summed E-state index contributed by atoms with van der Waals surface area (Å²) in [6.45, 7) is 6.58. The van der Waals surface area contributed by atoms with Gasteiger partial charge >= 0.3 is 0 Å². The Morgan fingerprint density at radius 2 is 1.72 bits per heavy atom. The zero-order valence-electron chi connectivity index (χ0n) is 15.2. The lowest BCUT2D eigenvalue weighted by atomic mass is 10.2. The molecule has 0 spiro atoms. The minimum Gasteiger partial charge on any atom is -0.497 e. The van der Waals surface area contributed by atoms with Crippen molar-refractivity contribution in [3.63, 3.8) is 0 Å². The first-order valence-electron chi connectivity index (χ1n) is 8.67. The average molecular weight is 342 g/mol. The number of carbonyl (C=O) groups excluding carboxylic acids is 1. The van der Waals surface area contributed by atoms with Crippen molar-refractivity contribution in [2.75, 3.05) is 25.1 Å². The Morgan fingerprint density at radius 1 is 1.04 bits per heavy atom. The molecule has 0 fully saturated rings. The molecule has 2 aromatic rings. The van der Waals surface area contributed by atoms with E-state index in [1.807, 2.05) is 30.3 Å². The van der Waals surface area contributed by atoms with E-state index in [-0.39, 0.29) is 5.91 Å². The van der Waals surface area contributed by atoms with Crippen molar-refractivity contribution in [1.82, 2.24) is 15.5 Å². The molecule has 0 aliphatic rings. The van der Waals surface area contributed by atoms with E-state index in [1.165, 1.54) is 0 Å². The predicted molar refractivity (Wildman–Crippen MR) is 99.0 cm³/mol. The van der Waals surface area contributed by atoms with Crippen LogP contribution < -0.4 is 15.0 Å². The van der Waals surface area contributed by atoms with E-state index in [4.69, 9.17) is 4.74 Å². The normalized spacial score (nSPS) is 10.4. The number of nitrogens with zero attached hydrogens (tertiary/aromatic N) is 3. The van der Waals surface area contributed by atoms with Crippen molar-refractivity contribution in [3.8, 4) is 5.75 Å². The van der Waals surface area contributed by atoms with E-state index in [0.29, 0.717) is 12.2 Å². The van der Waals surface area contributed by atoms with Crippen LogP contribution in [0.3, 0.4) is 0 Å². The molecule has 0 bridgehead atoms. The number of carbonyl (C=O) groups is 1. The van der Waals surface area contributed by atoms with E-state index in [1.54, 1.807) is 13.2 Å². The van der Waals surface area contributed by atoms with Crippen molar-refractivity contribution in [1.29, 1.82) is 0 Å². The Hall–Kier alpha value is -2.63. The molecule has 25 heavy (non-hydrogen) atoms. The maximum Gasteiger partial charge on any atom is 0.272 e. The van der Waals surface area contributed by atoms with Gasteiger partial charge in [-0.05, 0) is 42.7 Å². The summed E-state index contributed by atoms with van der Waals surface area (Å²) in [5.74, 6) is 1.38. The summed E-state index contributed by atoms with van der Waals surface area (Å²) >= 11 is 0. The highest BCUT2D eigenvalue weighted by molar-refractivity contribution is 5.92. The van der Waals surface area contributed by atoms with Gasteiger partial charge in [-0.3, -0.25) is 4.79 Å². The molecule has 0 saturated carbocycles. The van der Waals surface area contributed by atoms with Crippen LogP contribution in [0.15, 0.2) is 36.4 Å². The van der Waals surface area contributed by atoms with E-state index in [2.05, 4.69) is 34.3 Å². The monoisotopic (exact) mass is 342 g/mol. The van der Waals surface area contributed by atoms with Gasteiger partial charge in [0.25, 0.3) is 5.91 Å². The molecule has 0 aliphatic carbocycles. The molecule has 0 radical (unpaired) electrons. The van der Waals surface area contributed by atoms with Gasteiger partial charge in [-0.15, -0.1) is 10.2 Å². The second-order valence-electron chi connectivity index (χ2n) is 5.79. The minimum absolute atomic E-state index is 0.229. The van der Waals surface area contributed by atoms with E-state index < -0.39 is 0 Å². The van der Waals surface area contributed by atoms with Gasteiger partial charge in [0, 0.05) is 19.6 Å². The van der Waals surface area contributed by atoms with Crippen LogP contribution in [0.5, 0.6) is 5.75 Å². The number of ether oxygens (including phenoxy) is 1. The molecule has 2 rings (SSSR count). The predicted octanol–water partition coefficient (Wildman–Crippen LogP) is 3.04. The highest BCUT2D eigenvalue weighted by atomic mass is 16.5. The topological polar surface area (TPSA) is 67.4 Å². The summed E-state index contributed by atoms with van der Waals surface area (Å²) in [4.78, 5) is 14.4. The zero-order valence-corrected chi connectivity index (χ0v) is 15.2. The fourth-order valence-corrected chi connectivity index (χ4v) is 2.51. The van der Waals surface area contributed by atoms with Crippen LogP contribution in [0.1, 0.15) is 42.7 Å². The second kappa shape index (κ2) is 9.61. The lowest BCUT2D eigenvalue weighted by molar-refractivity contribution is 0.0945. The maximum atomic E-state index is 12.2. The molecule has 1 amide bonds. The number of methoxy groups -OCH3 is 1. The van der Waals surface area contributed by atoms with Crippen molar-refractivity contribution in [2.24, 2.45) is 0 Å². The highest BCUT2D eigenvalue weighted by Crippen LogP contribution is 2.12. The first-order chi connectivity index (χ1) is 12.2. The number of rotatable bonds is 9. The Balaban J connectivity index is 1.94. The van der Waals surface area contributed by atoms with Gasteiger partial charge in [0.05, 0.1) is 7.11 Å². The largest absolute Gasteiger partial charge is 0.497 e. The van der Waals surface area contributed by atoms with E-state index >= 15 is 0 Å². The summed E-state index contributed by atoms with van der Waals surface area (Å²) in [6.07, 6.45) is 2.09. The number of anilines is 1. The van der Waals surface area contributed by atoms with Gasteiger partial charge < -0.3 is 15.0 Å². The fraction of sp³-hybridized carbons (Fsp3) is 0.421. The Labute approximate surface area is 149 Å². The molecule has 0 unspecified atom stereocenters. The highest BCUT2D eigenvalue weighted by Gasteiger charge is 2.11. The van der Waals surface area contributed by atoms with Crippen LogP contribution in [0.25, 0.3) is 0 Å². The summed E-state index contributed by atoms with van der Waals surface area (Å²) in [5.41, 5.74) is 1.32. The number of hydrogen-bond donors (Lipinski definition) is 1. The molecule has 0 saturated heterocycles. The number of amides is 1. The van der Waals surface area contributed by atoms with Gasteiger partial charge in [-0.2, -0.15) is 0 Å². The molecule has 1 N–H and O–H groups in total. The molecule has 1 aromatic carbocycles. The molecule has 1 aromatic heterocycles. The Morgan fingerprint density at radius 3 is 2.24 bits per heavy atom. The van der Waals surface area contributed by atoms with Crippen molar-refractivity contribution in [2.45, 2.75) is 33.2 Å². The van der Waals surface area contributed by atoms with Crippen LogP contribution in [-0.2, 0) is 6.54 Å². The van der Waals surface area contributed by atoms with E-state index in [9.17, 15) is 4.79 Å². The molecular weight excluding hydrogens is 316 g/mol. The van der Waals surface area contributed by atoms with Crippen molar-refractivity contribution in [3.05, 3.63) is 47.7 Å². The van der Waals surface area contributed by atoms with Gasteiger partial charge in [0.15, 0.2) is 11.5 Å². The van der Waals surface area contributed by atoms with Crippen molar-refractivity contribution < 1.29 is 9.53 Å². The van der Waals surface area contributed by atoms with Crippen molar-refractivity contribution >= 4 is 11.7 Å². The average Bonchev–Trinajstić information content (AvgIpc) is 2.66. The first-order valence-corrected chi connectivity index (χ1v) is 8.67. The van der Waals surface area contributed by atoms with Gasteiger partial charge in [-0.25, -0.2) is 0 Å². The maximum absolute atomic E-state index is 12.2. The molecule has 6 heteroatoms. The van der Waals surface area contributed by atoms with Gasteiger partial charge in [0.1, 0.15) is 5.75 Å². The third-order valence-corrected chi connectivity index (χ3v) is 3.81. The summed E-state index contributed by atoms with van der Waals surface area (Å²) < 4.78 is 5.12. The zero-order chi connectivity index (χ0) is 18.1. The number of hydrogen-bond acceptors (Lipinski definition) is 5. The summed E-state index contributed by atoms with van der Waals surface area (Å²) in [5, 5.41) is 11.1. The Bertz CT molecular complexity index is 650. The first kappa shape index (κ1) is 18.7. The molecule has 0 atom stereocenters. The van der Waals surface area contributed by atoms with Gasteiger partial charge in [-0.1, -0.05) is 26.0 Å². The lowest BCUT2D eigenvalue weighted by Gasteiger charge is -2.21. The minimum atomic E-state index is -0.229. The van der Waals surface area contributed by atoms with Crippen LogP contribution in [0.2, 0.25) is 0 Å². The molecular formula is C19H26N4O2. The molecule has 1 heterocycles. The SMILES string of the molecule is CCCN(CCC)c1ccc(C(=O)NCc2ccc(OC)cc2)nn1. The molecule has 134 valence electrons. The van der Waals surface area contributed by atoms with Crippen LogP contribution in [0.4, 0.5) is 5.82 Å². The number of benzene rings is 1. The summed E-state index contributed by atoms with van der Waals surface area (Å²) in [6, 6.07) is 11.2. The second-order valence-corrected chi connectivity index (χ2v) is 5.79. The standard InChI is InChI=1S/C19H26N4O2/c1-4-12-23(13-5-2)18-11-10-17(21-22-18)19(24)20-14-15-6-8-16(25-3)9-7-15/h6-11H,4-5,12-14H2,1-3H3,(H,20,24). The van der Waals surface area contributed by atoms with E-state index in [0.717, 1.165) is 43.1 Å². The fourth-order valence-electron chi connectivity index (χ4n) is 2.51. The number of aromatic nitrogens is 2. The third kappa shape index (κ3) is 5.45. The molecule has 0 aliphatic heterocycles. The van der Waals surface area contributed by atoms with Crippen LogP contribution in [0, 0.1) is 0 Å². The molecule has 6 nitrogen and oxygen atoms in total. The Kier molecular flexibility index (Phi) is 7.19. The van der Waals surface area contributed by atoms with Crippen LogP contribution >= 0.6 is 0 Å². The number of nitrogens with one attached hydrogen (secondary N) is 1. The van der Waals surface area contributed by atoms with Gasteiger partial charge in [0.2, 0.25) is 0 Å². The third-order valence-electron chi connectivity index (χ3n) is 3.81. The summed E-state index contributed by atoms with van der Waals surface area (Å²) in [7, 11) is 1.63.